The first-order chi connectivity index (χ1) is 9.24. The number of aromatic amines is 1. The Morgan fingerprint density at radius 3 is 2.84 bits per heavy atom. The van der Waals surface area contributed by atoms with Crippen LogP contribution in [-0.4, -0.2) is 4.98 Å². The van der Waals surface area contributed by atoms with Crippen molar-refractivity contribution in [2.45, 2.75) is 13.5 Å². The molecule has 0 atom stereocenters. The molecule has 0 fully saturated rings. The summed E-state index contributed by atoms with van der Waals surface area (Å²) < 4.78 is 5.87. The van der Waals surface area contributed by atoms with Crippen LogP contribution in [0.1, 0.15) is 11.1 Å². The van der Waals surface area contributed by atoms with E-state index in [9.17, 15) is 0 Å². The minimum atomic E-state index is 0.550. The van der Waals surface area contributed by atoms with Crippen molar-refractivity contribution in [3.05, 3.63) is 59.8 Å². The highest BCUT2D eigenvalue weighted by Gasteiger charge is 2.05. The molecule has 1 heterocycles. The van der Waals surface area contributed by atoms with Crippen molar-refractivity contribution in [2.75, 3.05) is 5.73 Å². The zero-order valence-corrected chi connectivity index (χ0v) is 10.8. The first kappa shape index (κ1) is 11.7. The molecule has 0 aliphatic carbocycles. The Morgan fingerprint density at radius 2 is 2.00 bits per heavy atom. The highest BCUT2D eigenvalue weighted by Crippen LogP contribution is 2.23. The van der Waals surface area contributed by atoms with E-state index in [0.29, 0.717) is 6.61 Å². The summed E-state index contributed by atoms with van der Waals surface area (Å²) >= 11 is 0. The molecule has 3 aromatic rings. The van der Waals surface area contributed by atoms with Crippen molar-refractivity contribution in [2.24, 2.45) is 0 Å². The summed E-state index contributed by atoms with van der Waals surface area (Å²) in [6.45, 7) is 2.60. The van der Waals surface area contributed by atoms with Crippen molar-refractivity contribution in [3.8, 4) is 5.75 Å². The van der Waals surface area contributed by atoms with Gasteiger partial charge in [-0.05, 0) is 30.7 Å². The molecule has 3 N–H and O–H groups in total. The van der Waals surface area contributed by atoms with E-state index in [4.69, 9.17) is 10.5 Å². The largest absolute Gasteiger partial charge is 0.489 e. The molecule has 0 aliphatic heterocycles. The number of rotatable bonds is 3. The predicted octanol–water partition coefficient (Wildman–Crippen LogP) is 3.64. The first-order valence-electron chi connectivity index (χ1n) is 6.28. The maximum atomic E-state index is 5.87. The topological polar surface area (TPSA) is 51.0 Å². The third kappa shape index (κ3) is 2.27. The van der Waals surface area contributed by atoms with Crippen molar-refractivity contribution in [3.63, 3.8) is 0 Å². The fourth-order valence-electron chi connectivity index (χ4n) is 2.20. The fourth-order valence-corrected chi connectivity index (χ4v) is 2.20. The summed E-state index contributed by atoms with van der Waals surface area (Å²) in [6.07, 6.45) is 1.97. The lowest BCUT2D eigenvalue weighted by molar-refractivity contribution is 0.305. The number of aromatic nitrogens is 1. The van der Waals surface area contributed by atoms with Gasteiger partial charge in [0.25, 0.3) is 0 Å². The molecule has 3 nitrogen and oxygen atoms in total. The van der Waals surface area contributed by atoms with Crippen molar-refractivity contribution in [1.82, 2.24) is 4.98 Å². The highest BCUT2D eigenvalue weighted by atomic mass is 16.5. The Morgan fingerprint density at radius 1 is 1.16 bits per heavy atom. The summed E-state index contributed by atoms with van der Waals surface area (Å²) in [4.78, 5) is 3.22. The van der Waals surface area contributed by atoms with Gasteiger partial charge in [0.2, 0.25) is 0 Å². The Kier molecular flexibility index (Phi) is 2.88. The van der Waals surface area contributed by atoms with Crippen molar-refractivity contribution in [1.29, 1.82) is 0 Å². The molecule has 0 spiro atoms. The van der Waals surface area contributed by atoms with Gasteiger partial charge < -0.3 is 15.5 Å². The van der Waals surface area contributed by atoms with Gasteiger partial charge in [0, 0.05) is 28.4 Å². The van der Waals surface area contributed by atoms with Crippen LogP contribution in [0.5, 0.6) is 5.75 Å². The first-order valence-corrected chi connectivity index (χ1v) is 6.28. The van der Waals surface area contributed by atoms with Gasteiger partial charge in [-0.2, -0.15) is 0 Å². The smallest absolute Gasteiger partial charge is 0.122 e. The van der Waals surface area contributed by atoms with Crippen LogP contribution in [0.2, 0.25) is 0 Å². The standard InChI is InChI=1S/C16H16N2O/c1-11-4-2-3-5-16(11)19-10-12-9-18-15-8-13(17)6-7-14(12)15/h2-9,18H,10,17H2,1H3. The van der Waals surface area contributed by atoms with Gasteiger partial charge in [0.05, 0.1) is 0 Å². The number of ether oxygens (including phenoxy) is 1. The SMILES string of the molecule is Cc1ccccc1OCc1c[nH]c2cc(N)ccc12. The molecular formula is C16H16N2O. The van der Waals surface area contributed by atoms with Gasteiger partial charge in [0.1, 0.15) is 12.4 Å². The molecule has 0 aliphatic rings. The number of hydrogen-bond acceptors (Lipinski definition) is 2. The second kappa shape index (κ2) is 4.69. The predicted molar refractivity (Wildman–Crippen MR) is 78.2 cm³/mol. The molecule has 0 saturated heterocycles. The zero-order valence-electron chi connectivity index (χ0n) is 10.8. The molecule has 0 radical (unpaired) electrons. The molecule has 2 aromatic carbocycles. The third-order valence-corrected chi connectivity index (χ3v) is 3.27. The average molecular weight is 252 g/mol. The van der Waals surface area contributed by atoms with Crippen LogP contribution in [0.3, 0.4) is 0 Å². The number of anilines is 1. The number of nitrogens with two attached hydrogens (primary N) is 1. The molecule has 96 valence electrons. The number of hydrogen-bond donors (Lipinski definition) is 2. The maximum Gasteiger partial charge on any atom is 0.122 e. The van der Waals surface area contributed by atoms with Crippen LogP contribution in [-0.2, 0) is 6.61 Å². The van der Waals surface area contributed by atoms with E-state index in [-0.39, 0.29) is 0 Å². The molecule has 3 heteroatoms. The number of fused-ring (bicyclic) bond motifs is 1. The third-order valence-electron chi connectivity index (χ3n) is 3.27. The average Bonchev–Trinajstić information content (AvgIpc) is 2.80. The summed E-state index contributed by atoms with van der Waals surface area (Å²) in [5, 5.41) is 1.16. The zero-order chi connectivity index (χ0) is 13.2. The molecule has 0 saturated carbocycles. The molecular weight excluding hydrogens is 236 g/mol. The van der Waals surface area contributed by atoms with E-state index in [1.165, 1.54) is 0 Å². The molecule has 3 rings (SSSR count). The Labute approximate surface area is 112 Å². The van der Waals surface area contributed by atoms with Gasteiger partial charge in [0.15, 0.2) is 0 Å². The van der Waals surface area contributed by atoms with Gasteiger partial charge in [-0.25, -0.2) is 0 Å². The summed E-state index contributed by atoms with van der Waals surface area (Å²) in [7, 11) is 0. The van der Waals surface area contributed by atoms with Crippen LogP contribution in [0.4, 0.5) is 5.69 Å². The van der Waals surface area contributed by atoms with Crippen LogP contribution < -0.4 is 10.5 Å². The maximum absolute atomic E-state index is 5.87. The van der Waals surface area contributed by atoms with Gasteiger partial charge in [-0.3, -0.25) is 0 Å². The van der Waals surface area contributed by atoms with E-state index < -0.39 is 0 Å². The summed E-state index contributed by atoms with van der Waals surface area (Å²) in [6, 6.07) is 13.9. The number of H-pyrrole nitrogens is 1. The highest BCUT2D eigenvalue weighted by molar-refractivity contribution is 5.85. The molecule has 0 unspecified atom stereocenters. The number of benzene rings is 2. The number of nitrogens with one attached hydrogen (secondary N) is 1. The number of nitrogen functional groups attached to an aromatic ring is 1. The van der Waals surface area contributed by atoms with Gasteiger partial charge in [-0.1, -0.05) is 24.3 Å². The van der Waals surface area contributed by atoms with E-state index in [1.54, 1.807) is 0 Å². The molecule has 19 heavy (non-hydrogen) atoms. The summed E-state index contributed by atoms with van der Waals surface area (Å²) in [5.41, 5.74) is 9.86. The minimum Gasteiger partial charge on any atom is -0.489 e. The van der Waals surface area contributed by atoms with E-state index in [2.05, 4.69) is 4.98 Å². The van der Waals surface area contributed by atoms with Crippen molar-refractivity contribution >= 4 is 16.6 Å². The molecule has 1 aromatic heterocycles. The van der Waals surface area contributed by atoms with Gasteiger partial charge in [-0.15, -0.1) is 0 Å². The van der Waals surface area contributed by atoms with Crippen molar-refractivity contribution < 1.29 is 4.74 Å². The Hall–Kier alpha value is -2.42. The van der Waals surface area contributed by atoms with Crippen LogP contribution in [0.15, 0.2) is 48.7 Å². The molecule has 0 bridgehead atoms. The second-order valence-corrected chi connectivity index (χ2v) is 4.67. The lowest BCUT2D eigenvalue weighted by Gasteiger charge is -2.08. The minimum absolute atomic E-state index is 0.550. The fraction of sp³-hybridized carbons (Fsp3) is 0.125. The number of para-hydroxylation sites is 1. The summed E-state index contributed by atoms with van der Waals surface area (Å²) in [5.74, 6) is 0.923. The lowest BCUT2D eigenvalue weighted by atomic mass is 10.1. The monoisotopic (exact) mass is 252 g/mol. The lowest BCUT2D eigenvalue weighted by Crippen LogP contribution is -1.96. The number of aryl methyl sites for hydroxylation is 1. The normalized spacial score (nSPS) is 10.8. The quantitative estimate of drug-likeness (QED) is 0.699. The van der Waals surface area contributed by atoms with Crippen LogP contribution >= 0.6 is 0 Å². The Bertz CT molecular complexity index is 716. The van der Waals surface area contributed by atoms with Gasteiger partial charge >= 0.3 is 0 Å². The van der Waals surface area contributed by atoms with E-state index in [0.717, 1.165) is 33.5 Å². The van der Waals surface area contributed by atoms with E-state index in [1.807, 2.05) is 55.6 Å². The Balaban J connectivity index is 1.84. The van der Waals surface area contributed by atoms with Crippen LogP contribution in [0.25, 0.3) is 10.9 Å². The second-order valence-electron chi connectivity index (χ2n) is 4.67. The van der Waals surface area contributed by atoms with E-state index >= 15 is 0 Å². The van der Waals surface area contributed by atoms with Crippen LogP contribution in [0, 0.1) is 6.92 Å². The molecule has 0 amide bonds.